The minimum absolute atomic E-state index is 0.0904. The molecule has 1 heterocycles. The minimum Gasteiger partial charge on any atom is -0.450 e. The Hall–Kier alpha value is -2.11. The molecule has 2 fully saturated rings. The Morgan fingerprint density at radius 2 is 1.65 bits per heavy atom. The maximum atomic E-state index is 13.1. The zero-order valence-electron chi connectivity index (χ0n) is 13.3. The van der Waals surface area contributed by atoms with Crippen LogP contribution in [0.1, 0.15) is 25.3 Å². The lowest BCUT2D eigenvalue weighted by Gasteiger charge is -2.36. The third-order valence-corrected chi connectivity index (χ3v) is 4.65. The molecule has 0 unspecified atom stereocenters. The molecular weight excluding hydrogens is 299 g/mol. The summed E-state index contributed by atoms with van der Waals surface area (Å²) in [6, 6.07) is 6.22. The zero-order chi connectivity index (χ0) is 16.4. The molecule has 5 nitrogen and oxygen atoms in total. The number of piperazine rings is 1. The highest BCUT2D eigenvalue weighted by Crippen LogP contribution is 2.49. The second-order valence-electron chi connectivity index (χ2n) is 6.07. The van der Waals surface area contributed by atoms with Crippen LogP contribution < -0.4 is 0 Å². The van der Waals surface area contributed by atoms with Crippen LogP contribution in [-0.2, 0) is 14.9 Å². The molecule has 1 aliphatic carbocycles. The number of benzene rings is 1. The van der Waals surface area contributed by atoms with Gasteiger partial charge in [-0.2, -0.15) is 0 Å². The lowest BCUT2D eigenvalue weighted by atomic mass is 9.94. The van der Waals surface area contributed by atoms with Gasteiger partial charge in [-0.25, -0.2) is 9.18 Å². The summed E-state index contributed by atoms with van der Waals surface area (Å²) in [5, 5.41) is 0. The summed E-state index contributed by atoms with van der Waals surface area (Å²) in [6.07, 6.45) is 1.28. The van der Waals surface area contributed by atoms with Gasteiger partial charge in [0.25, 0.3) is 0 Å². The van der Waals surface area contributed by atoms with E-state index in [4.69, 9.17) is 4.74 Å². The first-order valence-corrected chi connectivity index (χ1v) is 8.04. The van der Waals surface area contributed by atoms with E-state index >= 15 is 0 Å². The molecule has 1 aromatic carbocycles. The first-order valence-electron chi connectivity index (χ1n) is 8.04. The van der Waals surface area contributed by atoms with Crippen molar-refractivity contribution in [2.24, 2.45) is 0 Å². The number of halogens is 1. The van der Waals surface area contributed by atoms with Crippen molar-refractivity contribution in [2.75, 3.05) is 32.8 Å². The molecule has 2 amide bonds. The highest BCUT2D eigenvalue weighted by Gasteiger charge is 2.53. The first kappa shape index (κ1) is 15.8. The molecule has 1 aromatic rings. The van der Waals surface area contributed by atoms with Gasteiger partial charge < -0.3 is 14.5 Å². The molecule has 1 aliphatic heterocycles. The number of ether oxygens (including phenoxy) is 1. The Labute approximate surface area is 135 Å². The van der Waals surface area contributed by atoms with Gasteiger partial charge in [-0.15, -0.1) is 0 Å². The van der Waals surface area contributed by atoms with Gasteiger partial charge in [-0.05, 0) is 37.5 Å². The van der Waals surface area contributed by atoms with Gasteiger partial charge in [0.1, 0.15) is 5.82 Å². The van der Waals surface area contributed by atoms with Crippen molar-refractivity contribution in [2.45, 2.75) is 25.2 Å². The Morgan fingerprint density at radius 1 is 1.09 bits per heavy atom. The molecule has 0 radical (unpaired) electrons. The highest BCUT2D eigenvalue weighted by molar-refractivity contribution is 5.91. The SMILES string of the molecule is CCOC(=O)N1CCN(C(=O)C2(c3ccc(F)cc3)CC2)CC1. The number of hydrogen-bond donors (Lipinski definition) is 0. The maximum Gasteiger partial charge on any atom is 0.409 e. The third kappa shape index (κ3) is 3.02. The molecule has 3 rings (SSSR count). The van der Waals surface area contributed by atoms with Crippen LogP contribution in [0.4, 0.5) is 9.18 Å². The Balaban J connectivity index is 1.63. The minimum atomic E-state index is -0.486. The van der Waals surface area contributed by atoms with Crippen molar-refractivity contribution >= 4 is 12.0 Å². The molecule has 6 heteroatoms. The predicted octanol–water partition coefficient (Wildman–Crippen LogP) is 2.16. The van der Waals surface area contributed by atoms with Gasteiger partial charge in [0.15, 0.2) is 0 Å². The van der Waals surface area contributed by atoms with Crippen LogP contribution in [0.15, 0.2) is 24.3 Å². The summed E-state index contributed by atoms with van der Waals surface area (Å²) in [5.74, 6) is -0.201. The standard InChI is InChI=1S/C17H21FN2O3/c1-2-23-16(22)20-11-9-19(10-12-20)15(21)17(7-8-17)13-3-5-14(18)6-4-13/h3-6H,2,7-12H2,1H3. The number of nitrogens with zero attached hydrogens (tertiary/aromatic N) is 2. The van der Waals surface area contributed by atoms with E-state index in [2.05, 4.69) is 0 Å². The summed E-state index contributed by atoms with van der Waals surface area (Å²) >= 11 is 0. The average Bonchev–Trinajstić information content (AvgIpc) is 3.37. The molecule has 2 aliphatic rings. The molecule has 23 heavy (non-hydrogen) atoms. The molecule has 0 aromatic heterocycles. The number of carbonyl (C=O) groups is 2. The van der Waals surface area contributed by atoms with Crippen LogP contribution in [0.3, 0.4) is 0 Å². The second kappa shape index (κ2) is 6.18. The van der Waals surface area contributed by atoms with Gasteiger partial charge in [0.2, 0.25) is 5.91 Å². The van der Waals surface area contributed by atoms with E-state index in [9.17, 15) is 14.0 Å². The van der Waals surface area contributed by atoms with Gasteiger partial charge >= 0.3 is 6.09 Å². The van der Waals surface area contributed by atoms with E-state index in [1.807, 2.05) is 4.90 Å². The summed E-state index contributed by atoms with van der Waals surface area (Å²) in [4.78, 5) is 28.0. The summed E-state index contributed by atoms with van der Waals surface area (Å²) in [6.45, 7) is 4.14. The largest absolute Gasteiger partial charge is 0.450 e. The van der Waals surface area contributed by atoms with Crippen LogP contribution in [-0.4, -0.2) is 54.6 Å². The summed E-state index contributed by atoms with van der Waals surface area (Å²) in [7, 11) is 0. The predicted molar refractivity (Wildman–Crippen MR) is 82.5 cm³/mol. The van der Waals surface area contributed by atoms with E-state index < -0.39 is 5.41 Å². The van der Waals surface area contributed by atoms with Gasteiger partial charge in [-0.3, -0.25) is 4.79 Å². The van der Waals surface area contributed by atoms with Crippen molar-refractivity contribution in [3.05, 3.63) is 35.6 Å². The molecule has 0 atom stereocenters. The fourth-order valence-electron chi connectivity index (χ4n) is 3.13. The van der Waals surface area contributed by atoms with Crippen molar-refractivity contribution in [3.8, 4) is 0 Å². The second-order valence-corrected chi connectivity index (χ2v) is 6.07. The quantitative estimate of drug-likeness (QED) is 0.857. The molecule has 124 valence electrons. The Morgan fingerprint density at radius 3 is 2.17 bits per heavy atom. The number of hydrogen-bond acceptors (Lipinski definition) is 3. The smallest absolute Gasteiger partial charge is 0.409 e. The third-order valence-electron chi connectivity index (χ3n) is 4.65. The molecule has 1 saturated carbocycles. The first-order chi connectivity index (χ1) is 11.1. The van der Waals surface area contributed by atoms with Crippen LogP contribution >= 0.6 is 0 Å². The number of rotatable bonds is 3. The van der Waals surface area contributed by atoms with Crippen LogP contribution in [0, 0.1) is 5.82 Å². The monoisotopic (exact) mass is 320 g/mol. The molecular formula is C17H21FN2O3. The molecule has 0 bridgehead atoms. The van der Waals surface area contributed by atoms with Crippen molar-refractivity contribution in [1.29, 1.82) is 0 Å². The zero-order valence-corrected chi connectivity index (χ0v) is 13.3. The number of amides is 2. The van der Waals surface area contributed by atoms with Crippen molar-refractivity contribution in [1.82, 2.24) is 9.80 Å². The maximum absolute atomic E-state index is 13.1. The number of carbonyl (C=O) groups excluding carboxylic acids is 2. The average molecular weight is 320 g/mol. The van der Waals surface area contributed by atoms with Crippen LogP contribution in [0.2, 0.25) is 0 Å². The van der Waals surface area contributed by atoms with Crippen molar-refractivity contribution in [3.63, 3.8) is 0 Å². The molecule has 0 N–H and O–H groups in total. The van der Waals surface area contributed by atoms with Gasteiger partial charge in [0, 0.05) is 26.2 Å². The fraction of sp³-hybridized carbons (Fsp3) is 0.529. The van der Waals surface area contributed by atoms with E-state index in [1.54, 1.807) is 24.0 Å². The van der Waals surface area contributed by atoms with Gasteiger partial charge in [0.05, 0.1) is 12.0 Å². The Kier molecular flexibility index (Phi) is 4.24. The van der Waals surface area contributed by atoms with E-state index in [1.165, 1.54) is 12.1 Å². The Bertz CT molecular complexity index is 590. The molecule has 1 saturated heterocycles. The normalized spacial score (nSPS) is 19.4. The van der Waals surface area contributed by atoms with E-state index in [0.29, 0.717) is 32.8 Å². The van der Waals surface area contributed by atoms with Crippen LogP contribution in [0.25, 0.3) is 0 Å². The molecule has 0 spiro atoms. The lowest BCUT2D eigenvalue weighted by molar-refractivity contribution is -0.135. The topological polar surface area (TPSA) is 49.9 Å². The van der Waals surface area contributed by atoms with E-state index in [-0.39, 0.29) is 17.8 Å². The van der Waals surface area contributed by atoms with Crippen LogP contribution in [0.5, 0.6) is 0 Å². The summed E-state index contributed by atoms with van der Waals surface area (Å²) < 4.78 is 18.1. The van der Waals surface area contributed by atoms with Crippen molar-refractivity contribution < 1.29 is 18.7 Å². The summed E-state index contributed by atoms with van der Waals surface area (Å²) in [5.41, 5.74) is 0.400. The van der Waals surface area contributed by atoms with Gasteiger partial charge in [-0.1, -0.05) is 12.1 Å². The van der Waals surface area contributed by atoms with E-state index in [0.717, 1.165) is 18.4 Å². The lowest BCUT2D eigenvalue weighted by Crippen LogP contribution is -2.53. The highest BCUT2D eigenvalue weighted by atomic mass is 19.1. The fourth-order valence-corrected chi connectivity index (χ4v) is 3.13.